The van der Waals surface area contributed by atoms with Crippen LogP contribution in [0.3, 0.4) is 0 Å². The van der Waals surface area contributed by atoms with E-state index in [0.29, 0.717) is 25.1 Å². The van der Waals surface area contributed by atoms with Crippen molar-refractivity contribution in [1.29, 1.82) is 0 Å². The maximum atomic E-state index is 12.0. The predicted octanol–water partition coefficient (Wildman–Crippen LogP) is 2.09. The van der Waals surface area contributed by atoms with Crippen molar-refractivity contribution in [3.05, 3.63) is 29.8 Å². The highest BCUT2D eigenvalue weighted by molar-refractivity contribution is 5.79. The first-order chi connectivity index (χ1) is 10.1. The molecule has 0 spiro atoms. The summed E-state index contributed by atoms with van der Waals surface area (Å²) in [5, 5.41) is 5.96. The van der Waals surface area contributed by atoms with Crippen LogP contribution in [0.5, 0.6) is 5.75 Å². The van der Waals surface area contributed by atoms with Gasteiger partial charge in [0.1, 0.15) is 11.3 Å². The van der Waals surface area contributed by atoms with Crippen LogP contribution in [-0.2, 0) is 11.3 Å². The monoisotopic (exact) mass is 288 g/mol. The quantitative estimate of drug-likeness (QED) is 0.720. The fourth-order valence-electron chi connectivity index (χ4n) is 2.09. The van der Waals surface area contributed by atoms with Crippen LogP contribution in [0.15, 0.2) is 24.3 Å². The van der Waals surface area contributed by atoms with Gasteiger partial charge in [0.2, 0.25) is 0 Å². The zero-order valence-electron chi connectivity index (χ0n) is 13.0. The fraction of sp³-hybridized carbons (Fsp3) is 0.471. The molecule has 21 heavy (non-hydrogen) atoms. The Morgan fingerprint density at radius 1 is 1.33 bits per heavy atom. The van der Waals surface area contributed by atoms with E-state index in [-0.39, 0.29) is 12.5 Å². The van der Waals surface area contributed by atoms with Gasteiger partial charge in [-0.3, -0.25) is 4.79 Å². The van der Waals surface area contributed by atoms with E-state index in [1.807, 2.05) is 45.2 Å². The lowest BCUT2D eigenvalue weighted by molar-refractivity contribution is -0.124. The molecule has 1 aromatic rings. The molecule has 4 heteroatoms. The maximum Gasteiger partial charge on any atom is 0.259 e. The van der Waals surface area contributed by atoms with E-state index in [1.54, 1.807) is 0 Å². The highest BCUT2D eigenvalue weighted by Gasteiger charge is 2.25. The summed E-state index contributed by atoms with van der Waals surface area (Å²) in [5.41, 5.74) is 0.437. The van der Waals surface area contributed by atoms with Crippen LogP contribution in [0.2, 0.25) is 0 Å². The van der Waals surface area contributed by atoms with Crippen LogP contribution in [0.1, 0.15) is 32.3 Å². The summed E-state index contributed by atoms with van der Waals surface area (Å²) in [6, 6.07) is 7.65. The van der Waals surface area contributed by atoms with Gasteiger partial charge < -0.3 is 15.4 Å². The highest BCUT2D eigenvalue weighted by Crippen LogP contribution is 2.18. The lowest BCUT2D eigenvalue weighted by atomic mass is 9.94. The molecule has 0 heterocycles. The molecule has 4 nitrogen and oxygen atoms in total. The lowest BCUT2D eigenvalue weighted by Gasteiger charge is -2.27. The van der Waals surface area contributed by atoms with E-state index in [0.717, 1.165) is 5.56 Å². The molecule has 0 aliphatic rings. The van der Waals surface area contributed by atoms with Crippen molar-refractivity contribution in [2.45, 2.75) is 38.8 Å². The Morgan fingerprint density at radius 3 is 2.57 bits per heavy atom. The van der Waals surface area contributed by atoms with E-state index in [9.17, 15) is 4.79 Å². The molecule has 1 aromatic carbocycles. The normalized spacial score (nSPS) is 10.8. The zero-order valence-corrected chi connectivity index (χ0v) is 13.0. The largest absolute Gasteiger partial charge is 0.483 e. The van der Waals surface area contributed by atoms with Crippen molar-refractivity contribution >= 4 is 5.91 Å². The molecule has 1 rings (SSSR count). The Labute approximate surface area is 127 Å². The Morgan fingerprint density at radius 2 is 2.00 bits per heavy atom. The van der Waals surface area contributed by atoms with Gasteiger partial charge in [-0.15, -0.1) is 6.42 Å². The number of rotatable bonds is 8. The molecule has 0 bridgehead atoms. The lowest BCUT2D eigenvalue weighted by Crippen LogP contribution is -2.48. The predicted molar refractivity (Wildman–Crippen MR) is 85.0 cm³/mol. The van der Waals surface area contributed by atoms with Crippen molar-refractivity contribution < 1.29 is 9.53 Å². The minimum atomic E-state index is -0.578. The summed E-state index contributed by atoms with van der Waals surface area (Å²) in [6.45, 7) is 4.58. The second-order valence-electron chi connectivity index (χ2n) is 4.91. The van der Waals surface area contributed by atoms with Crippen LogP contribution < -0.4 is 15.4 Å². The summed E-state index contributed by atoms with van der Waals surface area (Å²) in [6.07, 6.45) is 6.93. The maximum absolute atomic E-state index is 12.0. The van der Waals surface area contributed by atoms with Crippen LogP contribution in [0.25, 0.3) is 0 Å². The average Bonchev–Trinajstić information content (AvgIpc) is 2.52. The van der Waals surface area contributed by atoms with Crippen molar-refractivity contribution in [1.82, 2.24) is 10.6 Å². The van der Waals surface area contributed by atoms with Gasteiger partial charge in [-0.1, -0.05) is 38.0 Å². The Kier molecular flexibility index (Phi) is 6.77. The molecular formula is C17H24N2O2. The first-order valence-electron chi connectivity index (χ1n) is 7.24. The summed E-state index contributed by atoms with van der Waals surface area (Å²) in [4.78, 5) is 12.0. The minimum absolute atomic E-state index is 0.0375. The summed E-state index contributed by atoms with van der Waals surface area (Å²) >= 11 is 0. The third kappa shape index (κ3) is 4.80. The van der Waals surface area contributed by atoms with E-state index in [2.05, 4.69) is 16.6 Å². The van der Waals surface area contributed by atoms with Crippen molar-refractivity contribution in [3.8, 4) is 18.1 Å². The number of carbonyl (C=O) groups is 1. The molecule has 0 aromatic heterocycles. The number of terminal acetylenes is 1. The van der Waals surface area contributed by atoms with Crippen LogP contribution >= 0.6 is 0 Å². The summed E-state index contributed by atoms with van der Waals surface area (Å²) < 4.78 is 5.61. The molecule has 0 fully saturated rings. The third-order valence-corrected chi connectivity index (χ3v) is 3.56. The molecule has 0 unspecified atom stereocenters. The van der Waals surface area contributed by atoms with Crippen LogP contribution in [-0.4, -0.2) is 25.1 Å². The van der Waals surface area contributed by atoms with Gasteiger partial charge in [-0.25, -0.2) is 0 Å². The van der Waals surface area contributed by atoms with E-state index >= 15 is 0 Å². The molecule has 0 atom stereocenters. The summed E-state index contributed by atoms with van der Waals surface area (Å²) in [5.74, 6) is 3.19. The molecule has 1 amide bonds. The second-order valence-corrected chi connectivity index (χ2v) is 4.91. The van der Waals surface area contributed by atoms with E-state index < -0.39 is 5.54 Å². The van der Waals surface area contributed by atoms with Crippen LogP contribution in [0.4, 0.5) is 0 Å². The standard InChI is InChI=1S/C17H24N2O2/c1-5-17(6-2,7-3)19-16(20)13-21-15-11-9-8-10-14(15)12-18-4/h1,8-11,18H,6-7,12-13H2,2-4H3,(H,19,20). The van der Waals surface area contributed by atoms with Gasteiger partial charge >= 0.3 is 0 Å². The van der Waals surface area contributed by atoms with E-state index in [4.69, 9.17) is 11.2 Å². The Hall–Kier alpha value is -1.99. The number of amides is 1. The topological polar surface area (TPSA) is 50.4 Å². The molecular weight excluding hydrogens is 264 g/mol. The molecule has 2 N–H and O–H groups in total. The molecule has 0 radical (unpaired) electrons. The van der Waals surface area contributed by atoms with Gasteiger partial charge in [0, 0.05) is 12.1 Å². The molecule has 0 saturated carbocycles. The fourth-order valence-corrected chi connectivity index (χ4v) is 2.09. The molecule has 114 valence electrons. The highest BCUT2D eigenvalue weighted by atomic mass is 16.5. The van der Waals surface area contributed by atoms with Gasteiger partial charge in [-0.05, 0) is 26.0 Å². The number of nitrogens with one attached hydrogen (secondary N) is 2. The number of para-hydroxylation sites is 1. The van der Waals surface area contributed by atoms with Crippen LogP contribution in [0, 0.1) is 12.3 Å². The number of carbonyl (C=O) groups excluding carboxylic acids is 1. The number of hydrogen-bond acceptors (Lipinski definition) is 3. The number of benzene rings is 1. The zero-order chi connectivity index (χ0) is 15.7. The van der Waals surface area contributed by atoms with E-state index in [1.165, 1.54) is 0 Å². The summed E-state index contributed by atoms with van der Waals surface area (Å²) in [7, 11) is 1.87. The molecule has 0 aliphatic carbocycles. The SMILES string of the molecule is C#CC(CC)(CC)NC(=O)COc1ccccc1CNC. The van der Waals surface area contributed by atoms with Gasteiger partial charge in [0.25, 0.3) is 5.91 Å². The Balaban J connectivity index is 2.63. The van der Waals surface area contributed by atoms with Gasteiger partial charge in [0.05, 0.1) is 0 Å². The van der Waals surface area contributed by atoms with Crippen molar-refractivity contribution in [2.75, 3.05) is 13.7 Å². The average molecular weight is 288 g/mol. The van der Waals surface area contributed by atoms with Gasteiger partial charge in [0.15, 0.2) is 6.61 Å². The number of ether oxygens (including phenoxy) is 1. The third-order valence-electron chi connectivity index (χ3n) is 3.56. The van der Waals surface area contributed by atoms with Crippen molar-refractivity contribution in [3.63, 3.8) is 0 Å². The van der Waals surface area contributed by atoms with Crippen molar-refractivity contribution in [2.24, 2.45) is 0 Å². The molecule has 0 saturated heterocycles. The first-order valence-corrected chi connectivity index (χ1v) is 7.24. The first kappa shape index (κ1) is 17.1. The van der Waals surface area contributed by atoms with Gasteiger partial charge in [-0.2, -0.15) is 0 Å². The molecule has 0 aliphatic heterocycles. The smallest absolute Gasteiger partial charge is 0.259 e. The Bertz CT molecular complexity index is 502. The number of hydrogen-bond donors (Lipinski definition) is 2. The minimum Gasteiger partial charge on any atom is -0.483 e. The second kappa shape index (κ2) is 8.33.